The molecule has 2 atom stereocenters. The molecule has 1 saturated heterocycles. The monoisotopic (exact) mass is 268 g/mol. The molecule has 1 fully saturated rings. The molecule has 1 aromatic carbocycles. The summed E-state index contributed by atoms with van der Waals surface area (Å²) in [5.41, 5.74) is 1.35. The summed E-state index contributed by atoms with van der Waals surface area (Å²) in [6, 6.07) is 10.8. The van der Waals surface area contributed by atoms with Gasteiger partial charge in [0.15, 0.2) is 0 Å². The fourth-order valence-electron chi connectivity index (χ4n) is 2.60. The third-order valence-electron chi connectivity index (χ3n) is 3.49. The van der Waals surface area contributed by atoms with Crippen LogP contribution in [0.2, 0.25) is 0 Å². The van der Waals surface area contributed by atoms with Crippen molar-refractivity contribution in [3.05, 3.63) is 35.9 Å². The highest BCUT2D eigenvalue weighted by atomic mass is 35.5. The van der Waals surface area contributed by atoms with Gasteiger partial charge in [-0.05, 0) is 26.0 Å². The Morgan fingerprint density at radius 2 is 2.06 bits per heavy atom. The highest BCUT2D eigenvalue weighted by Gasteiger charge is 2.32. The van der Waals surface area contributed by atoms with E-state index in [-0.39, 0.29) is 18.3 Å². The van der Waals surface area contributed by atoms with Gasteiger partial charge < -0.3 is 10.2 Å². The van der Waals surface area contributed by atoms with E-state index in [9.17, 15) is 4.79 Å². The Morgan fingerprint density at radius 3 is 2.67 bits per heavy atom. The third-order valence-corrected chi connectivity index (χ3v) is 3.49. The predicted molar refractivity (Wildman–Crippen MR) is 76.1 cm³/mol. The van der Waals surface area contributed by atoms with Crippen molar-refractivity contribution in [3.63, 3.8) is 0 Å². The number of carbonyl (C=O) groups is 1. The van der Waals surface area contributed by atoms with E-state index in [4.69, 9.17) is 0 Å². The van der Waals surface area contributed by atoms with Gasteiger partial charge in [0.25, 0.3) is 0 Å². The summed E-state index contributed by atoms with van der Waals surface area (Å²) in [5, 5.41) is 2.93. The van der Waals surface area contributed by atoms with Crippen molar-refractivity contribution in [2.75, 3.05) is 20.1 Å². The summed E-state index contributed by atoms with van der Waals surface area (Å²) in [6.07, 6.45) is 1.07. The van der Waals surface area contributed by atoms with Crippen molar-refractivity contribution >= 4 is 18.3 Å². The second kappa shape index (κ2) is 6.76. The molecule has 1 N–H and O–H groups in total. The Kier molecular flexibility index (Phi) is 5.63. The number of likely N-dealkylation sites (tertiary alicyclic amines) is 1. The van der Waals surface area contributed by atoms with Crippen LogP contribution in [0.15, 0.2) is 30.3 Å². The SMILES string of the molecule is CNCC(=O)N1CC(c2ccccc2)CC1C.Cl. The molecular formula is C14H21ClN2O. The molecule has 1 aliphatic rings. The van der Waals surface area contributed by atoms with Gasteiger partial charge in [0.2, 0.25) is 5.91 Å². The molecule has 100 valence electrons. The van der Waals surface area contributed by atoms with E-state index in [1.165, 1.54) is 5.56 Å². The van der Waals surface area contributed by atoms with Gasteiger partial charge in [0.1, 0.15) is 0 Å². The Balaban J connectivity index is 0.00000162. The molecule has 1 aliphatic heterocycles. The molecule has 18 heavy (non-hydrogen) atoms. The number of likely N-dealkylation sites (N-methyl/N-ethyl adjacent to an activating group) is 1. The van der Waals surface area contributed by atoms with Crippen LogP contribution >= 0.6 is 12.4 Å². The second-order valence-corrected chi connectivity index (χ2v) is 4.77. The molecule has 1 aromatic rings. The first kappa shape index (κ1) is 15.0. The number of hydrogen-bond acceptors (Lipinski definition) is 2. The normalized spacial score (nSPS) is 22.7. The molecule has 3 nitrogen and oxygen atoms in total. The smallest absolute Gasteiger partial charge is 0.236 e. The van der Waals surface area contributed by atoms with Crippen LogP contribution in [0.1, 0.15) is 24.8 Å². The predicted octanol–water partition coefficient (Wildman–Crippen LogP) is 2.03. The maximum Gasteiger partial charge on any atom is 0.236 e. The van der Waals surface area contributed by atoms with Crippen molar-refractivity contribution < 1.29 is 4.79 Å². The van der Waals surface area contributed by atoms with E-state index in [0.29, 0.717) is 18.5 Å². The Hall–Kier alpha value is -1.06. The van der Waals surface area contributed by atoms with Crippen LogP contribution in [0.25, 0.3) is 0 Å². The van der Waals surface area contributed by atoms with Gasteiger partial charge in [-0.1, -0.05) is 30.3 Å². The van der Waals surface area contributed by atoms with E-state index < -0.39 is 0 Å². The molecule has 4 heteroatoms. The number of benzene rings is 1. The van der Waals surface area contributed by atoms with Crippen LogP contribution in [0.5, 0.6) is 0 Å². The van der Waals surface area contributed by atoms with Crippen molar-refractivity contribution in [3.8, 4) is 0 Å². The van der Waals surface area contributed by atoms with Gasteiger partial charge in [-0.2, -0.15) is 0 Å². The Morgan fingerprint density at radius 1 is 1.39 bits per heavy atom. The molecule has 0 radical (unpaired) electrons. The molecule has 1 heterocycles. The van der Waals surface area contributed by atoms with Crippen molar-refractivity contribution in [2.24, 2.45) is 0 Å². The van der Waals surface area contributed by atoms with Gasteiger partial charge in [-0.15, -0.1) is 12.4 Å². The minimum Gasteiger partial charge on any atom is -0.338 e. The summed E-state index contributed by atoms with van der Waals surface area (Å²) in [4.78, 5) is 13.9. The summed E-state index contributed by atoms with van der Waals surface area (Å²) in [7, 11) is 1.81. The molecule has 0 aromatic heterocycles. The topological polar surface area (TPSA) is 32.3 Å². The quantitative estimate of drug-likeness (QED) is 0.910. The van der Waals surface area contributed by atoms with Crippen LogP contribution in [-0.2, 0) is 4.79 Å². The zero-order valence-electron chi connectivity index (χ0n) is 10.9. The van der Waals surface area contributed by atoms with Crippen LogP contribution < -0.4 is 5.32 Å². The number of halogens is 1. The van der Waals surface area contributed by atoms with Crippen LogP contribution in [0, 0.1) is 0 Å². The lowest BCUT2D eigenvalue weighted by molar-refractivity contribution is -0.130. The lowest BCUT2D eigenvalue weighted by Gasteiger charge is -2.21. The third kappa shape index (κ3) is 3.24. The largest absolute Gasteiger partial charge is 0.338 e. The number of nitrogens with zero attached hydrogens (tertiary/aromatic N) is 1. The zero-order chi connectivity index (χ0) is 12.3. The lowest BCUT2D eigenvalue weighted by atomic mass is 9.97. The maximum atomic E-state index is 11.9. The average Bonchev–Trinajstić information content (AvgIpc) is 2.73. The first-order valence-corrected chi connectivity index (χ1v) is 6.21. The van der Waals surface area contributed by atoms with E-state index in [1.54, 1.807) is 0 Å². The number of nitrogens with one attached hydrogen (secondary N) is 1. The molecule has 2 unspecified atom stereocenters. The first-order chi connectivity index (χ1) is 8.22. The molecule has 1 amide bonds. The molecule has 0 aliphatic carbocycles. The zero-order valence-corrected chi connectivity index (χ0v) is 11.7. The van der Waals surface area contributed by atoms with Gasteiger partial charge in [0, 0.05) is 18.5 Å². The summed E-state index contributed by atoms with van der Waals surface area (Å²) in [5.74, 6) is 0.699. The minimum absolute atomic E-state index is 0. The van der Waals surface area contributed by atoms with E-state index in [0.717, 1.165) is 13.0 Å². The Bertz CT molecular complexity index is 383. The number of hydrogen-bond donors (Lipinski definition) is 1. The van der Waals surface area contributed by atoms with Gasteiger partial charge >= 0.3 is 0 Å². The highest BCUT2D eigenvalue weighted by Crippen LogP contribution is 2.31. The molecule has 0 bridgehead atoms. The standard InChI is InChI=1S/C14H20N2O.ClH/c1-11-8-13(12-6-4-3-5-7-12)10-16(11)14(17)9-15-2;/h3-7,11,13,15H,8-10H2,1-2H3;1H. The fraction of sp³-hybridized carbons (Fsp3) is 0.500. The van der Waals surface area contributed by atoms with E-state index >= 15 is 0 Å². The number of carbonyl (C=O) groups excluding carboxylic acids is 1. The van der Waals surface area contributed by atoms with E-state index in [1.807, 2.05) is 18.0 Å². The van der Waals surface area contributed by atoms with Crippen LogP contribution in [0.3, 0.4) is 0 Å². The first-order valence-electron chi connectivity index (χ1n) is 6.21. The minimum atomic E-state index is 0. The van der Waals surface area contributed by atoms with Gasteiger partial charge in [0.05, 0.1) is 6.54 Å². The van der Waals surface area contributed by atoms with Crippen molar-refractivity contribution in [1.29, 1.82) is 0 Å². The van der Waals surface area contributed by atoms with E-state index in [2.05, 4.69) is 36.5 Å². The molecular weight excluding hydrogens is 248 g/mol. The summed E-state index contributed by atoms with van der Waals surface area (Å²) >= 11 is 0. The Labute approximate surface area is 115 Å². The van der Waals surface area contributed by atoms with Crippen molar-refractivity contribution in [1.82, 2.24) is 10.2 Å². The van der Waals surface area contributed by atoms with Crippen LogP contribution in [-0.4, -0.2) is 37.0 Å². The summed E-state index contributed by atoms with van der Waals surface area (Å²) in [6.45, 7) is 3.42. The second-order valence-electron chi connectivity index (χ2n) is 4.77. The average molecular weight is 269 g/mol. The number of rotatable bonds is 3. The molecule has 0 saturated carbocycles. The highest BCUT2D eigenvalue weighted by molar-refractivity contribution is 5.85. The lowest BCUT2D eigenvalue weighted by Crippen LogP contribution is -2.39. The van der Waals surface area contributed by atoms with Crippen LogP contribution in [0.4, 0.5) is 0 Å². The van der Waals surface area contributed by atoms with Gasteiger partial charge in [-0.3, -0.25) is 4.79 Å². The van der Waals surface area contributed by atoms with Crippen molar-refractivity contribution in [2.45, 2.75) is 25.3 Å². The summed E-state index contributed by atoms with van der Waals surface area (Å²) < 4.78 is 0. The van der Waals surface area contributed by atoms with Gasteiger partial charge in [-0.25, -0.2) is 0 Å². The fourth-order valence-corrected chi connectivity index (χ4v) is 2.60. The maximum absolute atomic E-state index is 11.9. The molecule has 2 rings (SSSR count). The molecule has 0 spiro atoms. The number of amides is 1.